The lowest BCUT2D eigenvalue weighted by molar-refractivity contribution is 1.08. The van der Waals surface area contributed by atoms with E-state index in [4.69, 9.17) is 0 Å². The van der Waals surface area contributed by atoms with E-state index in [-0.39, 0.29) is 30.5 Å². The van der Waals surface area contributed by atoms with E-state index in [2.05, 4.69) is 20.3 Å². The zero-order valence-corrected chi connectivity index (χ0v) is 9.72. The summed E-state index contributed by atoms with van der Waals surface area (Å²) < 4.78 is 0. The molecule has 0 fully saturated rings. The Morgan fingerprint density at radius 1 is 1.19 bits per heavy atom. The summed E-state index contributed by atoms with van der Waals surface area (Å²) in [5, 5.41) is 2.99. The van der Waals surface area contributed by atoms with Gasteiger partial charge in [0, 0.05) is 12.4 Å². The molecule has 2 rings (SSSR count). The molecule has 2 aromatic rings. The molecule has 16 heavy (non-hydrogen) atoms. The number of H-pyrrole nitrogens is 1. The molecule has 0 radical (unpaired) electrons. The van der Waals surface area contributed by atoms with E-state index in [1.165, 1.54) is 6.20 Å². The van der Waals surface area contributed by atoms with Crippen molar-refractivity contribution >= 4 is 36.3 Å². The van der Waals surface area contributed by atoms with Crippen LogP contribution in [-0.2, 0) is 0 Å². The number of hydrogen-bond donors (Lipinski definition) is 2. The molecule has 0 aliphatic rings. The molecular weight excluding hydrogens is 251 g/mol. The fourth-order valence-corrected chi connectivity index (χ4v) is 1.03. The molecule has 7 heteroatoms. The van der Waals surface area contributed by atoms with Crippen molar-refractivity contribution in [2.75, 3.05) is 5.32 Å². The summed E-state index contributed by atoms with van der Waals surface area (Å²) in [6.45, 7) is 0. The van der Waals surface area contributed by atoms with Crippen LogP contribution in [-0.4, -0.2) is 15.0 Å². The van der Waals surface area contributed by atoms with Gasteiger partial charge in [0.2, 0.25) is 0 Å². The zero-order valence-electron chi connectivity index (χ0n) is 8.08. The van der Waals surface area contributed by atoms with Gasteiger partial charge in [0.05, 0.1) is 11.9 Å². The van der Waals surface area contributed by atoms with Crippen molar-refractivity contribution in [2.24, 2.45) is 0 Å². The SMILES string of the molecule is Cl.Cl.O=c1nccc(Nc2cccnc2)[nH]1. The molecule has 86 valence electrons. The van der Waals surface area contributed by atoms with E-state index in [9.17, 15) is 4.79 Å². The average Bonchev–Trinajstić information content (AvgIpc) is 2.19. The topological polar surface area (TPSA) is 70.7 Å². The number of hydrogen-bond acceptors (Lipinski definition) is 4. The lowest BCUT2D eigenvalue weighted by atomic mass is 10.4. The molecule has 0 amide bonds. The van der Waals surface area contributed by atoms with Crippen LogP contribution in [0.15, 0.2) is 41.6 Å². The molecule has 0 aromatic carbocycles. The van der Waals surface area contributed by atoms with Crippen LogP contribution in [0.1, 0.15) is 0 Å². The van der Waals surface area contributed by atoms with E-state index < -0.39 is 0 Å². The van der Waals surface area contributed by atoms with Crippen LogP contribution in [0, 0.1) is 0 Å². The third kappa shape index (κ3) is 3.88. The summed E-state index contributed by atoms with van der Waals surface area (Å²) in [5.74, 6) is 0.595. The molecule has 0 aliphatic heterocycles. The highest BCUT2D eigenvalue weighted by atomic mass is 35.5. The van der Waals surface area contributed by atoms with Gasteiger partial charge in [-0.1, -0.05) is 0 Å². The Kier molecular flexibility index (Phi) is 6.14. The lowest BCUT2D eigenvalue weighted by Crippen LogP contribution is -2.10. The fraction of sp³-hybridized carbons (Fsp3) is 0. The fourth-order valence-electron chi connectivity index (χ4n) is 1.03. The van der Waals surface area contributed by atoms with E-state index >= 15 is 0 Å². The maximum Gasteiger partial charge on any atom is 0.346 e. The van der Waals surface area contributed by atoms with Crippen molar-refractivity contribution in [3.8, 4) is 0 Å². The predicted octanol–water partition coefficient (Wildman–Crippen LogP) is 1.75. The minimum absolute atomic E-state index is 0. The average molecular weight is 261 g/mol. The Morgan fingerprint density at radius 2 is 2.00 bits per heavy atom. The quantitative estimate of drug-likeness (QED) is 0.864. The Bertz CT molecular complexity index is 474. The van der Waals surface area contributed by atoms with Crippen LogP contribution in [0.4, 0.5) is 11.5 Å². The smallest absolute Gasteiger partial charge is 0.340 e. The molecule has 0 saturated carbocycles. The molecule has 0 saturated heterocycles. The number of aromatic amines is 1. The summed E-state index contributed by atoms with van der Waals surface area (Å²) >= 11 is 0. The highest BCUT2D eigenvalue weighted by Crippen LogP contribution is 2.09. The summed E-state index contributed by atoms with van der Waals surface area (Å²) in [4.78, 5) is 20.9. The number of aromatic nitrogens is 3. The molecule has 2 N–H and O–H groups in total. The van der Waals surface area contributed by atoms with E-state index in [0.717, 1.165) is 5.69 Å². The van der Waals surface area contributed by atoms with Gasteiger partial charge in [-0.3, -0.25) is 9.97 Å². The van der Waals surface area contributed by atoms with Crippen LogP contribution < -0.4 is 11.0 Å². The zero-order chi connectivity index (χ0) is 9.80. The first-order chi connectivity index (χ1) is 6.84. The first-order valence-corrected chi connectivity index (χ1v) is 4.07. The highest BCUT2D eigenvalue weighted by Gasteiger charge is 1.93. The van der Waals surface area contributed by atoms with Gasteiger partial charge in [-0.2, -0.15) is 0 Å². The first kappa shape index (κ1) is 14.4. The van der Waals surface area contributed by atoms with Gasteiger partial charge in [0.15, 0.2) is 0 Å². The minimum Gasteiger partial charge on any atom is -0.340 e. The first-order valence-electron chi connectivity index (χ1n) is 4.07. The number of nitrogens with zero attached hydrogens (tertiary/aromatic N) is 2. The second-order valence-electron chi connectivity index (χ2n) is 2.66. The van der Waals surface area contributed by atoms with E-state index in [0.29, 0.717) is 5.82 Å². The third-order valence-corrected chi connectivity index (χ3v) is 1.62. The number of nitrogens with one attached hydrogen (secondary N) is 2. The minimum atomic E-state index is -0.376. The summed E-state index contributed by atoms with van der Waals surface area (Å²) in [6, 6.07) is 5.34. The Morgan fingerprint density at radius 3 is 2.62 bits per heavy atom. The standard InChI is InChI=1S/C9H8N4O.2ClH/c14-9-11-5-3-8(13-9)12-7-2-1-4-10-6-7;;/h1-6H,(H2,11,12,13,14);2*1H. The monoisotopic (exact) mass is 260 g/mol. The van der Waals surface area contributed by atoms with Gasteiger partial charge in [-0.15, -0.1) is 24.8 Å². The maximum atomic E-state index is 10.9. The van der Waals surface area contributed by atoms with Crippen LogP contribution >= 0.6 is 24.8 Å². The maximum absolute atomic E-state index is 10.9. The largest absolute Gasteiger partial charge is 0.346 e. The molecule has 5 nitrogen and oxygen atoms in total. The molecular formula is C9H10Cl2N4O. The third-order valence-electron chi connectivity index (χ3n) is 1.62. The van der Waals surface area contributed by atoms with Crippen LogP contribution in [0.5, 0.6) is 0 Å². The van der Waals surface area contributed by atoms with Crippen molar-refractivity contribution in [2.45, 2.75) is 0 Å². The molecule has 2 aromatic heterocycles. The molecule has 0 atom stereocenters. The Hall–Kier alpha value is -1.59. The second-order valence-corrected chi connectivity index (χ2v) is 2.66. The van der Waals surface area contributed by atoms with Crippen molar-refractivity contribution < 1.29 is 0 Å². The van der Waals surface area contributed by atoms with Gasteiger partial charge in [-0.25, -0.2) is 9.78 Å². The molecule has 2 heterocycles. The molecule has 0 bridgehead atoms. The Labute approximate surface area is 104 Å². The normalized spacial score (nSPS) is 8.50. The van der Waals surface area contributed by atoms with Crippen molar-refractivity contribution in [1.29, 1.82) is 0 Å². The van der Waals surface area contributed by atoms with Crippen LogP contribution in [0.25, 0.3) is 0 Å². The van der Waals surface area contributed by atoms with Gasteiger partial charge >= 0.3 is 5.69 Å². The highest BCUT2D eigenvalue weighted by molar-refractivity contribution is 5.85. The number of halogens is 2. The molecule has 0 aliphatic carbocycles. The lowest BCUT2D eigenvalue weighted by Gasteiger charge is -2.03. The number of pyridine rings is 1. The van der Waals surface area contributed by atoms with E-state index in [1.54, 1.807) is 18.5 Å². The second kappa shape index (κ2) is 6.81. The summed E-state index contributed by atoms with van der Waals surface area (Å²) in [6.07, 6.45) is 4.79. The van der Waals surface area contributed by atoms with E-state index in [1.807, 2.05) is 12.1 Å². The predicted molar refractivity (Wildman–Crippen MR) is 66.9 cm³/mol. The number of rotatable bonds is 2. The van der Waals surface area contributed by atoms with Crippen molar-refractivity contribution in [3.63, 3.8) is 0 Å². The molecule has 0 spiro atoms. The molecule has 0 unspecified atom stereocenters. The van der Waals surface area contributed by atoms with Crippen LogP contribution in [0.2, 0.25) is 0 Å². The van der Waals surface area contributed by atoms with Gasteiger partial charge in [0.1, 0.15) is 5.82 Å². The van der Waals surface area contributed by atoms with Crippen molar-refractivity contribution in [1.82, 2.24) is 15.0 Å². The summed E-state index contributed by atoms with van der Waals surface area (Å²) in [5.41, 5.74) is 0.438. The Balaban J connectivity index is 0.00000112. The number of anilines is 2. The van der Waals surface area contributed by atoms with Gasteiger partial charge in [-0.05, 0) is 18.2 Å². The van der Waals surface area contributed by atoms with Gasteiger partial charge in [0.25, 0.3) is 0 Å². The summed E-state index contributed by atoms with van der Waals surface area (Å²) in [7, 11) is 0. The van der Waals surface area contributed by atoms with Crippen molar-refractivity contribution in [3.05, 3.63) is 47.3 Å². The van der Waals surface area contributed by atoms with Gasteiger partial charge < -0.3 is 5.32 Å². The van der Waals surface area contributed by atoms with Crippen LogP contribution in [0.3, 0.4) is 0 Å².